The van der Waals surface area contributed by atoms with Crippen molar-refractivity contribution in [3.63, 3.8) is 0 Å². The number of fused-ring (bicyclic) bond motifs is 6. The second kappa shape index (κ2) is 6.94. The lowest BCUT2D eigenvalue weighted by atomic mass is 9.89. The van der Waals surface area contributed by atoms with Crippen LogP contribution in [0.25, 0.3) is 49.6 Å². The fourth-order valence-electron chi connectivity index (χ4n) is 5.29. The maximum absolute atomic E-state index is 5.96. The van der Waals surface area contributed by atoms with Crippen LogP contribution in [0.1, 0.15) is 24.8 Å². The lowest BCUT2D eigenvalue weighted by Gasteiger charge is -2.16. The molecule has 0 saturated carbocycles. The number of aromatic nitrogens is 2. The van der Waals surface area contributed by atoms with E-state index < -0.39 is 0 Å². The van der Waals surface area contributed by atoms with Gasteiger partial charge in [-0.15, -0.1) is 0 Å². The van der Waals surface area contributed by atoms with Crippen molar-refractivity contribution in [3.8, 4) is 5.69 Å². The Morgan fingerprint density at radius 3 is 2.58 bits per heavy atom. The van der Waals surface area contributed by atoms with E-state index in [4.69, 9.17) is 4.42 Å². The molecular formula is C30H22N2O. The molecule has 33 heavy (non-hydrogen) atoms. The molecule has 0 saturated heterocycles. The first-order valence-corrected chi connectivity index (χ1v) is 11.4. The fourth-order valence-corrected chi connectivity index (χ4v) is 5.29. The largest absolute Gasteiger partial charge is 0.438 e. The molecule has 0 fully saturated rings. The number of hydrogen-bond acceptors (Lipinski definition) is 2. The molecule has 1 unspecified atom stereocenters. The quantitative estimate of drug-likeness (QED) is 0.280. The molecular weight excluding hydrogens is 404 g/mol. The lowest BCUT2D eigenvalue weighted by Crippen LogP contribution is -1.99. The minimum Gasteiger partial charge on any atom is -0.438 e. The monoisotopic (exact) mass is 426 g/mol. The molecule has 1 aliphatic rings. The first-order valence-electron chi connectivity index (χ1n) is 11.4. The maximum atomic E-state index is 5.96. The van der Waals surface area contributed by atoms with Gasteiger partial charge < -0.3 is 8.98 Å². The molecule has 6 aromatic rings. The zero-order valence-corrected chi connectivity index (χ0v) is 18.3. The molecule has 3 aromatic carbocycles. The molecule has 1 aliphatic carbocycles. The molecule has 0 aliphatic heterocycles. The molecule has 0 bridgehead atoms. The van der Waals surface area contributed by atoms with Gasteiger partial charge in [0.05, 0.1) is 28.3 Å². The van der Waals surface area contributed by atoms with Gasteiger partial charge in [0.2, 0.25) is 5.71 Å². The van der Waals surface area contributed by atoms with E-state index in [0.29, 0.717) is 11.6 Å². The van der Waals surface area contributed by atoms with Crippen LogP contribution in [0.2, 0.25) is 0 Å². The summed E-state index contributed by atoms with van der Waals surface area (Å²) in [5, 5.41) is 4.68. The molecule has 0 N–H and O–H groups in total. The van der Waals surface area contributed by atoms with Crippen LogP contribution in [0.3, 0.4) is 0 Å². The van der Waals surface area contributed by atoms with Crippen molar-refractivity contribution in [2.24, 2.45) is 0 Å². The van der Waals surface area contributed by atoms with Crippen molar-refractivity contribution in [2.75, 3.05) is 0 Å². The molecule has 0 spiro atoms. The average molecular weight is 427 g/mol. The van der Waals surface area contributed by atoms with Gasteiger partial charge in [0, 0.05) is 22.1 Å². The summed E-state index contributed by atoms with van der Waals surface area (Å²) < 4.78 is 8.28. The second-order valence-electron chi connectivity index (χ2n) is 8.93. The molecule has 1 atom stereocenters. The number of para-hydroxylation sites is 2. The highest BCUT2D eigenvalue weighted by atomic mass is 16.3. The second-order valence-corrected chi connectivity index (χ2v) is 8.93. The van der Waals surface area contributed by atoms with Crippen molar-refractivity contribution in [3.05, 3.63) is 108 Å². The van der Waals surface area contributed by atoms with Crippen molar-refractivity contribution < 1.29 is 4.42 Å². The number of rotatable bonds is 2. The number of benzene rings is 3. The van der Waals surface area contributed by atoms with Gasteiger partial charge in [-0.2, -0.15) is 0 Å². The zero-order valence-electron chi connectivity index (χ0n) is 18.3. The van der Waals surface area contributed by atoms with Crippen LogP contribution < -0.4 is 0 Å². The predicted octanol–water partition coefficient (Wildman–Crippen LogP) is 8.07. The Hall–Kier alpha value is -4.11. The van der Waals surface area contributed by atoms with Crippen LogP contribution in [-0.4, -0.2) is 9.55 Å². The molecule has 0 radical (unpaired) electrons. The summed E-state index contributed by atoms with van der Waals surface area (Å²) in [4.78, 5) is 4.68. The van der Waals surface area contributed by atoms with Crippen LogP contribution in [0.5, 0.6) is 0 Å². The number of hydrogen-bond donors (Lipinski definition) is 0. The van der Waals surface area contributed by atoms with Crippen LogP contribution in [0, 0.1) is 0 Å². The molecule has 0 amide bonds. The van der Waals surface area contributed by atoms with Crippen LogP contribution >= 0.6 is 0 Å². The summed E-state index contributed by atoms with van der Waals surface area (Å²) >= 11 is 0. The highest BCUT2D eigenvalue weighted by molar-refractivity contribution is 6.10. The van der Waals surface area contributed by atoms with E-state index in [2.05, 4.69) is 89.3 Å². The smallest absolute Gasteiger partial charge is 0.227 e. The molecule has 3 aromatic heterocycles. The van der Waals surface area contributed by atoms with Crippen molar-refractivity contribution in [1.29, 1.82) is 0 Å². The Kier molecular flexibility index (Phi) is 3.88. The first-order chi connectivity index (χ1) is 16.3. The number of furan rings is 1. The van der Waals surface area contributed by atoms with Crippen LogP contribution in [0.15, 0.2) is 107 Å². The Bertz CT molecular complexity index is 1760. The van der Waals surface area contributed by atoms with Crippen molar-refractivity contribution in [2.45, 2.75) is 19.3 Å². The molecule has 3 nitrogen and oxygen atoms in total. The van der Waals surface area contributed by atoms with Gasteiger partial charge in [0.1, 0.15) is 5.58 Å². The first kappa shape index (κ1) is 18.5. The van der Waals surface area contributed by atoms with Gasteiger partial charge in [-0.1, -0.05) is 66.3 Å². The Labute approximate surface area is 191 Å². The third-order valence-corrected chi connectivity index (χ3v) is 6.84. The van der Waals surface area contributed by atoms with Gasteiger partial charge in [0.25, 0.3) is 0 Å². The van der Waals surface area contributed by atoms with E-state index in [1.54, 1.807) is 0 Å². The SMILES string of the molecule is CC1=CC(c2ccc3c(c2)c2ccccc2n3-c2cnc3oc4ccccc4c3c2)CC=C1. The van der Waals surface area contributed by atoms with Gasteiger partial charge >= 0.3 is 0 Å². The standard InChI is InChI=1S/C30H22N2O/c1-19-7-6-8-20(15-19)21-13-14-28-25(16-21)23-9-2-4-11-27(23)32(28)22-17-26-24-10-3-5-12-29(24)33-30(26)31-18-22/h2-7,9-18,20H,8H2,1H3. The van der Waals surface area contributed by atoms with Gasteiger partial charge in [-0.3, -0.25) is 0 Å². The summed E-state index contributed by atoms with van der Waals surface area (Å²) in [6.45, 7) is 2.18. The Morgan fingerprint density at radius 1 is 0.848 bits per heavy atom. The summed E-state index contributed by atoms with van der Waals surface area (Å²) in [6, 6.07) is 25.9. The topological polar surface area (TPSA) is 31.0 Å². The molecule has 3 heteroatoms. The molecule has 158 valence electrons. The van der Waals surface area contributed by atoms with Gasteiger partial charge in [-0.25, -0.2) is 4.98 Å². The number of pyridine rings is 1. The Balaban J connectivity index is 1.48. The molecule has 7 rings (SSSR count). The van der Waals surface area contributed by atoms with Crippen LogP contribution in [0.4, 0.5) is 0 Å². The third kappa shape index (κ3) is 2.79. The van der Waals surface area contributed by atoms with E-state index in [9.17, 15) is 0 Å². The fraction of sp³-hybridized carbons (Fsp3) is 0.100. The highest BCUT2D eigenvalue weighted by Crippen LogP contribution is 2.37. The van der Waals surface area contributed by atoms with E-state index >= 15 is 0 Å². The summed E-state index contributed by atoms with van der Waals surface area (Å²) in [5.74, 6) is 0.428. The number of allylic oxidation sites excluding steroid dienone is 4. The average Bonchev–Trinajstić information content (AvgIpc) is 3.39. The van der Waals surface area contributed by atoms with Gasteiger partial charge in [-0.05, 0) is 49.2 Å². The van der Waals surface area contributed by atoms with E-state index in [-0.39, 0.29) is 0 Å². The van der Waals surface area contributed by atoms with E-state index in [0.717, 1.165) is 28.5 Å². The minimum absolute atomic E-state index is 0.428. The van der Waals surface area contributed by atoms with Crippen molar-refractivity contribution in [1.82, 2.24) is 9.55 Å². The summed E-state index contributed by atoms with van der Waals surface area (Å²) in [7, 11) is 0. The summed E-state index contributed by atoms with van der Waals surface area (Å²) in [5.41, 5.74) is 7.67. The Morgan fingerprint density at radius 2 is 1.67 bits per heavy atom. The van der Waals surface area contributed by atoms with E-state index in [1.807, 2.05) is 24.4 Å². The lowest BCUT2D eigenvalue weighted by molar-refractivity contribution is 0.654. The zero-order chi connectivity index (χ0) is 21.9. The highest BCUT2D eigenvalue weighted by Gasteiger charge is 2.17. The van der Waals surface area contributed by atoms with Crippen molar-refractivity contribution >= 4 is 43.9 Å². The number of nitrogens with zero attached hydrogens (tertiary/aromatic N) is 2. The van der Waals surface area contributed by atoms with E-state index in [1.165, 1.54) is 32.9 Å². The van der Waals surface area contributed by atoms with Gasteiger partial charge in [0.15, 0.2) is 0 Å². The van der Waals surface area contributed by atoms with Crippen LogP contribution in [-0.2, 0) is 0 Å². The molecule has 3 heterocycles. The third-order valence-electron chi connectivity index (χ3n) is 6.84. The minimum atomic E-state index is 0.428. The predicted molar refractivity (Wildman–Crippen MR) is 136 cm³/mol. The normalized spacial score (nSPS) is 16.3. The summed E-state index contributed by atoms with van der Waals surface area (Å²) in [6.07, 6.45) is 9.84. The maximum Gasteiger partial charge on any atom is 0.227 e.